The van der Waals surface area contributed by atoms with Crippen LogP contribution >= 0.6 is 11.3 Å². The van der Waals surface area contributed by atoms with Gasteiger partial charge in [-0.1, -0.05) is 24.3 Å². The fourth-order valence-electron chi connectivity index (χ4n) is 2.82. The number of nitrogens with zero attached hydrogens (tertiary/aromatic N) is 1. The molecule has 6 heteroatoms. The predicted molar refractivity (Wildman–Crippen MR) is 91.3 cm³/mol. The molecule has 3 rings (SSSR count). The number of amides is 1. The van der Waals surface area contributed by atoms with Crippen LogP contribution in [-0.2, 0) is 4.79 Å². The number of rotatable bonds is 4. The number of hydrogen-bond acceptors (Lipinski definition) is 5. The SMILES string of the molecule is Cc1ncsc1-c1ccc(C(C)NC(=O)[C@H]2C[C@H](O)CN2)cc1. The molecular formula is C17H21N3O2S. The second kappa shape index (κ2) is 6.78. The summed E-state index contributed by atoms with van der Waals surface area (Å²) in [7, 11) is 0. The third-order valence-corrected chi connectivity index (χ3v) is 5.18. The van der Waals surface area contributed by atoms with E-state index in [0.717, 1.165) is 16.8 Å². The summed E-state index contributed by atoms with van der Waals surface area (Å²) < 4.78 is 0. The molecule has 1 aromatic carbocycles. The van der Waals surface area contributed by atoms with Crippen LogP contribution in [0.1, 0.15) is 30.6 Å². The number of carbonyl (C=O) groups excluding carboxylic acids is 1. The van der Waals surface area contributed by atoms with E-state index in [1.165, 1.54) is 4.88 Å². The van der Waals surface area contributed by atoms with Gasteiger partial charge in [-0.25, -0.2) is 4.98 Å². The standard InChI is InChI=1S/C17H21N3O2S/c1-10(20-17(22)15-7-14(21)8-18-15)12-3-5-13(6-4-12)16-11(2)19-9-23-16/h3-6,9-10,14-15,18,21H,7-8H2,1-2H3,(H,20,22)/t10?,14-,15+/m0/s1. The largest absolute Gasteiger partial charge is 0.392 e. The molecule has 3 atom stereocenters. The minimum absolute atomic E-state index is 0.0589. The summed E-state index contributed by atoms with van der Waals surface area (Å²) in [5.41, 5.74) is 5.09. The fourth-order valence-corrected chi connectivity index (χ4v) is 3.63. The number of β-amino-alcohol motifs (C(OH)–C–C–N with tert-alkyl or cyclic N) is 1. The van der Waals surface area contributed by atoms with E-state index >= 15 is 0 Å². The molecule has 0 saturated carbocycles. The Morgan fingerprint density at radius 3 is 2.74 bits per heavy atom. The van der Waals surface area contributed by atoms with Gasteiger partial charge in [-0.15, -0.1) is 11.3 Å². The number of nitrogens with one attached hydrogen (secondary N) is 2. The third-order valence-electron chi connectivity index (χ3n) is 4.20. The number of aromatic nitrogens is 1. The highest BCUT2D eigenvalue weighted by atomic mass is 32.1. The number of aryl methyl sites for hydroxylation is 1. The van der Waals surface area contributed by atoms with E-state index in [-0.39, 0.29) is 18.0 Å². The van der Waals surface area contributed by atoms with Crippen molar-refractivity contribution in [1.82, 2.24) is 15.6 Å². The molecule has 0 radical (unpaired) electrons. The van der Waals surface area contributed by atoms with Crippen molar-refractivity contribution in [3.63, 3.8) is 0 Å². The van der Waals surface area contributed by atoms with Gasteiger partial charge in [0.15, 0.2) is 0 Å². The summed E-state index contributed by atoms with van der Waals surface area (Å²) in [6.45, 7) is 4.46. The summed E-state index contributed by atoms with van der Waals surface area (Å²) in [6, 6.07) is 7.84. The molecule has 1 unspecified atom stereocenters. The van der Waals surface area contributed by atoms with E-state index in [2.05, 4.69) is 27.8 Å². The maximum Gasteiger partial charge on any atom is 0.237 e. The molecule has 122 valence electrons. The lowest BCUT2D eigenvalue weighted by atomic mass is 10.0. The van der Waals surface area contributed by atoms with Crippen LogP contribution in [-0.4, -0.2) is 34.7 Å². The highest BCUT2D eigenvalue weighted by Gasteiger charge is 2.28. The smallest absolute Gasteiger partial charge is 0.237 e. The third kappa shape index (κ3) is 3.60. The average molecular weight is 331 g/mol. The van der Waals surface area contributed by atoms with Crippen molar-refractivity contribution in [3.8, 4) is 10.4 Å². The molecular weight excluding hydrogens is 310 g/mol. The summed E-state index contributed by atoms with van der Waals surface area (Å²) >= 11 is 1.63. The summed E-state index contributed by atoms with van der Waals surface area (Å²) in [6.07, 6.45) is 0.0466. The molecule has 23 heavy (non-hydrogen) atoms. The van der Waals surface area contributed by atoms with E-state index in [9.17, 15) is 9.90 Å². The molecule has 0 bridgehead atoms. The lowest BCUT2D eigenvalue weighted by Gasteiger charge is -2.18. The molecule has 1 amide bonds. The second-order valence-corrected chi connectivity index (χ2v) is 6.82. The van der Waals surface area contributed by atoms with Crippen LogP contribution in [0.5, 0.6) is 0 Å². The second-order valence-electron chi connectivity index (χ2n) is 5.97. The van der Waals surface area contributed by atoms with Crippen molar-refractivity contribution in [2.75, 3.05) is 6.54 Å². The van der Waals surface area contributed by atoms with Crippen LogP contribution in [0.25, 0.3) is 10.4 Å². The van der Waals surface area contributed by atoms with Crippen molar-refractivity contribution in [2.24, 2.45) is 0 Å². The van der Waals surface area contributed by atoms with Gasteiger partial charge < -0.3 is 15.7 Å². The van der Waals surface area contributed by atoms with Crippen LogP contribution in [0.4, 0.5) is 0 Å². The van der Waals surface area contributed by atoms with E-state index < -0.39 is 6.10 Å². The number of benzene rings is 1. The minimum Gasteiger partial charge on any atom is -0.392 e. The van der Waals surface area contributed by atoms with Crippen molar-refractivity contribution in [2.45, 2.75) is 38.5 Å². The molecule has 0 aliphatic carbocycles. The van der Waals surface area contributed by atoms with E-state index in [1.54, 1.807) is 11.3 Å². The van der Waals surface area contributed by atoms with Crippen LogP contribution in [0.15, 0.2) is 29.8 Å². The molecule has 2 heterocycles. The zero-order valence-corrected chi connectivity index (χ0v) is 14.1. The Morgan fingerprint density at radius 2 is 2.17 bits per heavy atom. The van der Waals surface area contributed by atoms with Gasteiger partial charge in [0.25, 0.3) is 0 Å². The Kier molecular flexibility index (Phi) is 4.75. The van der Waals surface area contributed by atoms with Crippen LogP contribution < -0.4 is 10.6 Å². The van der Waals surface area contributed by atoms with Crippen molar-refractivity contribution >= 4 is 17.2 Å². The summed E-state index contributed by atoms with van der Waals surface area (Å²) in [4.78, 5) is 17.6. The molecule has 3 N–H and O–H groups in total. The molecule has 1 aliphatic heterocycles. The Balaban J connectivity index is 1.65. The van der Waals surface area contributed by atoms with Crippen molar-refractivity contribution < 1.29 is 9.90 Å². The molecule has 1 fully saturated rings. The number of thiazole rings is 1. The van der Waals surface area contributed by atoms with Crippen molar-refractivity contribution in [3.05, 3.63) is 41.0 Å². The van der Waals surface area contributed by atoms with E-state index in [1.807, 2.05) is 31.5 Å². The average Bonchev–Trinajstić information content (AvgIpc) is 3.16. The van der Waals surface area contributed by atoms with Gasteiger partial charge in [0.2, 0.25) is 5.91 Å². The lowest BCUT2D eigenvalue weighted by Crippen LogP contribution is -2.41. The first kappa shape index (κ1) is 16.1. The summed E-state index contributed by atoms with van der Waals surface area (Å²) in [5, 5.41) is 15.5. The Bertz CT molecular complexity index is 683. The molecule has 5 nitrogen and oxygen atoms in total. The first-order valence-corrected chi connectivity index (χ1v) is 8.65. The topological polar surface area (TPSA) is 74.2 Å². The van der Waals surface area contributed by atoms with Gasteiger partial charge in [-0.05, 0) is 31.4 Å². The highest BCUT2D eigenvalue weighted by Crippen LogP contribution is 2.28. The van der Waals surface area contributed by atoms with E-state index in [0.29, 0.717) is 13.0 Å². The van der Waals surface area contributed by atoms with Crippen LogP contribution in [0.3, 0.4) is 0 Å². The number of carbonyl (C=O) groups is 1. The van der Waals surface area contributed by atoms with Gasteiger partial charge in [-0.3, -0.25) is 4.79 Å². The maximum atomic E-state index is 12.2. The Labute approximate surface area is 139 Å². The normalized spacial score (nSPS) is 22.0. The molecule has 1 aromatic heterocycles. The van der Waals surface area contributed by atoms with E-state index in [4.69, 9.17) is 0 Å². The molecule has 2 aromatic rings. The predicted octanol–water partition coefficient (Wildman–Crippen LogP) is 2.02. The van der Waals surface area contributed by atoms with Crippen LogP contribution in [0.2, 0.25) is 0 Å². The van der Waals surface area contributed by atoms with Gasteiger partial charge in [0, 0.05) is 6.54 Å². The quantitative estimate of drug-likeness (QED) is 0.801. The zero-order chi connectivity index (χ0) is 16.4. The zero-order valence-electron chi connectivity index (χ0n) is 13.2. The first-order chi connectivity index (χ1) is 11.0. The Hall–Kier alpha value is -1.76. The van der Waals surface area contributed by atoms with Crippen molar-refractivity contribution in [1.29, 1.82) is 0 Å². The Morgan fingerprint density at radius 1 is 1.43 bits per heavy atom. The maximum absolute atomic E-state index is 12.2. The summed E-state index contributed by atoms with van der Waals surface area (Å²) in [5.74, 6) is -0.0589. The fraction of sp³-hybridized carbons (Fsp3) is 0.412. The highest BCUT2D eigenvalue weighted by molar-refractivity contribution is 7.13. The number of hydrogen-bond donors (Lipinski definition) is 3. The van der Waals surface area contributed by atoms with Gasteiger partial charge in [-0.2, -0.15) is 0 Å². The lowest BCUT2D eigenvalue weighted by molar-refractivity contribution is -0.123. The molecule has 1 saturated heterocycles. The van der Waals surface area contributed by atoms with Crippen LogP contribution in [0, 0.1) is 6.92 Å². The van der Waals surface area contributed by atoms with Gasteiger partial charge in [0.05, 0.1) is 34.3 Å². The number of aliphatic hydroxyl groups excluding tert-OH is 1. The van der Waals surface area contributed by atoms with Gasteiger partial charge in [0.1, 0.15) is 0 Å². The number of aliphatic hydroxyl groups is 1. The first-order valence-electron chi connectivity index (χ1n) is 7.77. The van der Waals surface area contributed by atoms with Gasteiger partial charge >= 0.3 is 0 Å². The molecule has 1 aliphatic rings. The monoisotopic (exact) mass is 331 g/mol. The molecule has 0 spiro atoms. The minimum atomic E-state index is -0.428.